The molecule has 4 aromatic heterocycles. The fraction of sp³-hybridized carbons (Fsp3) is 0. The summed E-state index contributed by atoms with van der Waals surface area (Å²) in [6.07, 6.45) is 0. The van der Waals surface area contributed by atoms with Crippen molar-refractivity contribution in [1.29, 1.82) is 0 Å². The van der Waals surface area contributed by atoms with Crippen molar-refractivity contribution in [3.8, 4) is 44.9 Å². The van der Waals surface area contributed by atoms with Crippen LogP contribution in [0.25, 0.3) is 111 Å². The maximum Gasteiger partial charge on any atom is 0.180 e. The molecule has 0 N–H and O–H groups in total. The molecule has 0 unspecified atom stereocenters. The zero-order valence-electron chi connectivity index (χ0n) is 27.1. The van der Waals surface area contributed by atoms with Gasteiger partial charge in [0.25, 0.3) is 0 Å². The van der Waals surface area contributed by atoms with Crippen molar-refractivity contribution in [2.24, 2.45) is 0 Å². The lowest BCUT2D eigenvalue weighted by Crippen LogP contribution is -1.94. The molecule has 51 heavy (non-hydrogen) atoms. The monoisotopic (exact) mass is 654 g/mol. The molecular formula is C46H26N2O3. The molecule has 4 heterocycles. The van der Waals surface area contributed by atoms with E-state index in [1.165, 1.54) is 0 Å². The van der Waals surface area contributed by atoms with Crippen LogP contribution < -0.4 is 0 Å². The Morgan fingerprint density at radius 2 is 0.980 bits per heavy atom. The summed E-state index contributed by atoms with van der Waals surface area (Å²) in [4.78, 5) is 10.5. The van der Waals surface area contributed by atoms with E-state index in [0.717, 1.165) is 99.4 Å². The first-order chi connectivity index (χ1) is 25.2. The average molecular weight is 655 g/mol. The van der Waals surface area contributed by atoms with Crippen molar-refractivity contribution in [3.63, 3.8) is 0 Å². The summed E-state index contributed by atoms with van der Waals surface area (Å²) in [5.74, 6) is 0.612. The van der Waals surface area contributed by atoms with Gasteiger partial charge in [-0.2, -0.15) is 0 Å². The van der Waals surface area contributed by atoms with Gasteiger partial charge in [-0.05, 0) is 70.8 Å². The Kier molecular flexibility index (Phi) is 5.89. The Bertz CT molecular complexity index is 3130. The summed E-state index contributed by atoms with van der Waals surface area (Å²) in [5.41, 5.74) is 12.6. The molecule has 11 aromatic rings. The van der Waals surface area contributed by atoms with Gasteiger partial charge < -0.3 is 13.3 Å². The summed E-state index contributed by atoms with van der Waals surface area (Å²) < 4.78 is 19.2. The molecular weight excluding hydrogens is 629 g/mol. The van der Waals surface area contributed by atoms with Gasteiger partial charge in [-0.1, -0.05) is 109 Å². The van der Waals surface area contributed by atoms with Gasteiger partial charge in [-0.3, -0.25) is 0 Å². The number of benzene rings is 7. The Hall–Kier alpha value is -6.98. The zero-order chi connectivity index (χ0) is 33.5. The third-order valence-electron chi connectivity index (χ3n) is 9.91. The fourth-order valence-electron chi connectivity index (χ4n) is 7.46. The highest BCUT2D eigenvalue weighted by Crippen LogP contribution is 2.42. The third kappa shape index (κ3) is 4.35. The number of fused-ring (bicyclic) bond motifs is 9. The Morgan fingerprint density at radius 3 is 1.80 bits per heavy atom. The lowest BCUT2D eigenvalue weighted by molar-refractivity contribution is 0.667. The normalized spacial score (nSPS) is 11.9. The molecule has 5 nitrogen and oxygen atoms in total. The summed E-state index contributed by atoms with van der Waals surface area (Å²) in [6.45, 7) is 0. The average Bonchev–Trinajstić information content (AvgIpc) is 3.88. The summed E-state index contributed by atoms with van der Waals surface area (Å²) in [7, 11) is 0. The first kappa shape index (κ1) is 27.9. The molecule has 0 fully saturated rings. The SMILES string of the molecule is c1ccc(-c2ccc3c(c2)oc2c(-c4ccccc4)nc(-c4cccc5oc6ccc(-c7ccc8oc9ccccc9c8c7)cc6c45)nc23)cc1. The maximum absolute atomic E-state index is 6.60. The van der Waals surface area contributed by atoms with Gasteiger partial charge >= 0.3 is 0 Å². The predicted octanol–water partition coefficient (Wildman–Crippen LogP) is 12.8. The molecule has 0 saturated heterocycles. The highest BCUT2D eigenvalue weighted by molar-refractivity contribution is 6.14. The van der Waals surface area contributed by atoms with Gasteiger partial charge in [0.1, 0.15) is 39.1 Å². The largest absolute Gasteiger partial charge is 0.456 e. The first-order valence-electron chi connectivity index (χ1n) is 17.0. The molecule has 0 atom stereocenters. The van der Waals surface area contributed by atoms with E-state index in [9.17, 15) is 0 Å². The Labute approximate surface area is 291 Å². The summed E-state index contributed by atoms with van der Waals surface area (Å²) >= 11 is 0. The molecule has 0 aliphatic heterocycles. The zero-order valence-corrected chi connectivity index (χ0v) is 27.1. The number of para-hydroxylation sites is 1. The number of hydrogen-bond donors (Lipinski definition) is 0. The van der Waals surface area contributed by atoms with Crippen LogP contribution in [0.1, 0.15) is 0 Å². The standard InChI is InChI=1S/C46H26N2O3/c1-3-10-27(11-4-1)31-18-21-33-41(26-31)51-45-43(28-12-5-2-6-13-28)47-46(48-44(33)45)34-15-9-17-40-42(34)36-25-30(20-23-39(36)50-40)29-19-22-38-35(24-29)32-14-7-8-16-37(32)49-38/h1-26H. The molecule has 5 heteroatoms. The van der Waals surface area contributed by atoms with E-state index in [1.54, 1.807) is 0 Å². The topological polar surface area (TPSA) is 65.2 Å². The van der Waals surface area contributed by atoms with E-state index in [2.05, 4.69) is 91.0 Å². The van der Waals surface area contributed by atoms with Gasteiger partial charge in [0.05, 0.1) is 0 Å². The van der Waals surface area contributed by atoms with E-state index in [4.69, 9.17) is 23.2 Å². The van der Waals surface area contributed by atoms with Gasteiger partial charge in [-0.25, -0.2) is 9.97 Å². The van der Waals surface area contributed by atoms with Crippen LogP contribution in [0.5, 0.6) is 0 Å². The van der Waals surface area contributed by atoms with Crippen LogP contribution in [0, 0.1) is 0 Å². The number of aromatic nitrogens is 2. The van der Waals surface area contributed by atoms with E-state index < -0.39 is 0 Å². The van der Waals surface area contributed by atoms with E-state index in [-0.39, 0.29) is 0 Å². The smallest absolute Gasteiger partial charge is 0.180 e. The molecule has 0 spiro atoms. The lowest BCUT2D eigenvalue weighted by atomic mass is 9.99. The van der Waals surface area contributed by atoms with Crippen molar-refractivity contribution in [2.75, 3.05) is 0 Å². The second-order valence-electron chi connectivity index (χ2n) is 12.9. The van der Waals surface area contributed by atoms with E-state index in [1.807, 2.05) is 66.7 Å². The highest BCUT2D eigenvalue weighted by Gasteiger charge is 2.21. The van der Waals surface area contributed by atoms with Crippen LogP contribution in [-0.2, 0) is 0 Å². The Balaban J connectivity index is 1.13. The van der Waals surface area contributed by atoms with Crippen LogP contribution in [-0.4, -0.2) is 9.97 Å². The second kappa shape index (κ2) is 10.8. The minimum atomic E-state index is 0.612. The molecule has 0 radical (unpaired) electrons. The lowest BCUT2D eigenvalue weighted by Gasteiger charge is -2.08. The van der Waals surface area contributed by atoms with Gasteiger partial charge in [0.2, 0.25) is 0 Å². The van der Waals surface area contributed by atoms with Crippen LogP contribution in [0.15, 0.2) is 171 Å². The predicted molar refractivity (Wildman–Crippen MR) is 206 cm³/mol. The number of hydrogen-bond acceptors (Lipinski definition) is 5. The van der Waals surface area contributed by atoms with Crippen molar-refractivity contribution in [1.82, 2.24) is 9.97 Å². The minimum Gasteiger partial charge on any atom is -0.456 e. The summed E-state index contributed by atoms with van der Waals surface area (Å²) in [5, 5.41) is 5.13. The number of rotatable bonds is 4. The minimum absolute atomic E-state index is 0.612. The van der Waals surface area contributed by atoms with Crippen LogP contribution >= 0.6 is 0 Å². The third-order valence-corrected chi connectivity index (χ3v) is 9.91. The molecule has 238 valence electrons. The van der Waals surface area contributed by atoms with Crippen LogP contribution in [0.2, 0.25) is 0 Å². The van der Waals surface area contributed by atoms with Gasteiger partial charge in [0, 0.05) is 38.1 Å². The van der Waals surface area contributed by atoms with Gasteiger partial charge in [0.15, 0.2) is 11.4 Å². The molecule has 0 aliphatic carbocycles. The van der Waals surface area contributed by atoms with Gasteiger partial charge in [-0.15, -0.1) is 0 Å². The fourth-order valence-corrected chi connectivity index (χ4v) is 7.46. The number of nitrogens with zero attached hydrogens (tertiary/aromatic N) is 2. The first-order valence-corrected chi connectivity index (χ1v) is 17.0. The highest BCUT2D eigenvalue weighted by atomic mass is 16.3. The quantitative estimate of drug-likeness (QED) is 0.189. The molecule has 0 saturated carbocycles. The molecule has 7 aromatic carbocycles. The number of furan rings is 3. The van der Waals surface area contributed by atoms with E-state index >= 15 is 0 Å². The second-order valence-corrected chi connectivity index (χ2v) is 12.9. The van der Waals surface area contributed by atoms with Crippen molar-refractivity contribution in [2.45, 2.75) is 0 Å². The van der Waals surface area contributed by atoms with Crippen LogP contribution in [0.4, 0.5) is 0 Å². The molecule has 0 amide bonds. The molecule has 0 bridgehead atoms. The molecule has 11 rings (SSSR count). The summed E-state index contributed by atoms with van der Waals surface area (Å²) in [6, 6.07) is 53.9. The van der Waals surface area contributed by atoms with Crippen LogP contribution in [0.3, 0.4) is 0 Å². The maximum atomic E-state index is 6.60. The van der Waals surface area contributed by atoms with Crippen molar-refractivity contribution >= 4 is 65.9 Å². The van der Waals surface area contributed by atoms with E-state index in [0.29, 0.717) is 11.4 Å². The Morgan fingerprint density at radius 1 is 0.353 bits per heavy atom. The van der Waals surface area contributed by atoms with Crippen molar-refractivity contribution < 1.29 is 13.3 Å². The molecule has 0 aliphatic rings. The van der Waals surface area contributed by atoms with Crippen molar-refractivity contribution in [3.05, 3.63) is 158 Å².